The minimum atomic E-state index is 0.667. The molecule has 0 aromatic rings. The standard InChI is InChI=1S/C15H32N2O/c1-13(2)5-8-16-11-14(3)17-9-6-15(7-10-17)12-18-4/h13-16H,5-12H2,1-4H3. The lowest BCUT2D eigenvalue weighted by Gasteiger charge is -2.36. The topological polar surface area (TPSA) is 24.5 Å². The second kappa shape index (κ2) is 8.89. The van der Waals surface area contributed by atoms with Crippen molar-refractivity contribution >= 4 is 0 Å². The SMILES string of the molecule is COCC1CCN(C(C)CNCCC(C)C)CC1. The Hall–Kier alpha value is -0.120. The molecule has 3 heteroatoms. The molecule has 1 N–H and O–H groups in total. The minimum absolute atomic E-state index is 0.667. The number of likely N-dealkylation sites (tertiary alicyclic amines) is 1. The molecule has 0 bridgehead atoms. The summed E-state index contributed by atoms with van der Waals surface area (Å²) in [5.41, 5.74) is 0. The van der Waals surface area contributed by atoms with Crippen molar-refractivity contribution in [2.45, 2.75) is 46.1 Å². The Kier molecular flexibility index (Phi) is 7.87. The van der Waals surface area contributed by atoms with Gasteiger partial charge in [-0.05, 0) is 57.7 Å². The molecule has 1 fully saturated rings. The van der Waals surface area contributed by atoms with E-state index in [2.05, 4.69) is 31.0 Å². The zero-order valence-electron chi connectivity index (χ0n) is 12.7. The Labute approximate surface area is 113 Å². The van der Waals surface area contributed by atoms with E-state index in [1.807, 2.05) is 7.11 Å². The summed E-state index contributed by atoms with van der Waals surface area (Å²) in [5.74, 6) is 1.59. The number of rotatable bonds is 8. The van der Waals surface area contributed by atoms with Gasteiger partial charge in [-0.25, -0.2) is 0 Å². The highest BCUT2D eigenvalue weighted by Gasteiger charge is 2.22. The van der Waals surface area contributed by atoms with Crippen molar-refractivity contribution in [1.82, 2.24) is 10.2 Å². The van der Waals surface area contributed by atoms with Gasteiger partial charge < -0.3 is 10.1 Å². The van der Waals surface area contributed by atoms with E-state index < -0.39 is 0 Å². The predicted octanol–water partition coefficient (Wildman–Crippen LogP) is 2.37. The number of nitrogens with zero attached hydrogens (tertiary/aromatic N) is 1. The highest BCUT2D eigenvalue weighted by molar-refractivity contribution is 4.77. The minimum Gasteiger partial charge on any atom is -0.384 e. The van der Waals surface area contributed by atoms with Gasteiger partial charge in [-0.1, -0.05) is 13.8 Å². The monoisotopic (exact) mass is 256 g/mol. The smallest absolute Gasteiger partial charge is 0.0491 e. The fourth-order valence-electron chi connectivity index (χ4n) is 2.63. The van der Waals surface area contributed by atoms with E-state index in [9.17, 15) is 0 Å². The Morgan fingerprint density at radius 3 is 2.44 bits per heavy atom. The van der Waals surface area contributed by atoms with Crippen LogP contribution in [0.15, 0.2) is 0 Å². The van der Waals surface area contributed by atoms with Gasteiger partial charge in [0.05, 0.1) is 0 Å². The van der Waals surface area contributed by atoms with Gasteiger partial charge in [-0.15, -0.1) is 0 Å². The Bertz CT molecular complexity index is 201. The van der Waals surface area contributed by atoms with Crippen molar-refractivity contribution in [1.29, 1.82) is 0 Å². The zero-order valence-corrected chi connectivity index (χ0v) is 12.7. The molecule has 0 saturated carbocycles. The highest BCUT2D eigenvalue weighted by atomic mass is 16.5. The fourth-order valence-corrected chi connectivity index (χ4v) is 2.63. The van der Waals surface area contributed by atoms with Gasteiger partial charge in [0.25, 0.3) is 0 Å². The summed E-state index contributed by atoms with van der Waals surface area (Å²) in [5, 5.41) is 3.58. The summed E-state index contributed by atoms with van der Waals surface area (Å²) in [7, 11) is 1.81. The molecule has 18 heavy (non-hydrogen) atoms. The van der Waals surface area contributed by atoms with Gasteiger partial charge in [0, 0.05) is 26.3 Å². The third-order valence-corrected chi connectivity index (χ3v) is 4.01. The zero-order chi connectivity index (χ0) is 13.4. The molecule has 3 nitrogen and oxygen atoms in total. The lowest BCUT2D eigenvalue weighted by Crippen LogP contribution is -2.45. The molecule has 0 aromatic carbocycles. The Balaban J connectivity index is 2.10. The maximum absolute atomic E-state index is 5.25. The maximum atomic E-state index is 5.25. The summed E-state index contributed by atoms with van der Waals surface area (Å²) >= 11 is 0. The van der Waals surface area contributed by atoms with Gasteiger partial charge in [-0.2, -0.15) is 0 Å². The Morgan fingerprint density at radius 1 is 1.22 bits per heavy atom. The van der Waals surface area contributed by atoms with Crippen LogP contribution in [0.5, 0.6) is 0 Å². The number of methoxy groups -OCH3 is 1. The Morgan fingerprint density at radius 2 is 1.89 bits per heavy atom. The number of hydrogen-bond acceptors (Lipinski definition) is 3. The molecule has 1 unspecified atom stereocenters. The molecular weight excluding hydrogens is 224 g/mol. The van der Waals surface area contributed by atoms with Crippen LogP contribution in [0, 0.1) is 11.8 Å². The summed E-state index contributed by atoms with van der Waals surface area (Å²) < 4.78 is 5.25. The van der Waals surface area contributed by atoms with Gasteiger partial charge in [0.2, 0.25) is 0 Å². The first-order chi connectivity index (χ1) is 8.63. The van der Waals surface area contributed by atoms with Crippen LogP contribution in [0.25, 0.3) is 0 Å². The fraction of sp³-hybridized carbons (Fsp3) is 1.00. The van der Waals surface area contributed by atoms with Gasteiger partial charge in [0.1, 0.15) is 0 Å². The first-order valence-electron chi connectivity index (χ1n) is 7.57. The molecule has 1 saturated heterocycles. The molecule has 1 atom stereocenters. The molecule has 1 heterocycles. The van der Waals surface area contributed by atoms with E-state index in [1.54, 1.807) is 0 Å². The van der Waals surface area contributed by atoms with Crippen LogP contribution >= 0.6 is 0 Å². The van der Waals surface area contributed by atoms with E-state index in [0.717, 1.165) is 31.5 Å². The van der Waals surface area contributed by atoms with Crippen LogP contribution in [0.1, 0.15) is 40.0 Å². The van der Waals surface area contributed by atoms with Crippen molar-refractivity contribution in [3.05, 3.63) is 0 Å². The second-order valence-electron chi connectivity index (χ2n) is 6.17. The summed E-state index contributed by atoms with van der Waals surface area (Å²) in [6.07, 6.45) is 3.87. The molecule has 108 valence electrons. The van der Waals surface area contributed by atoms with Crippen LogP contribution in [0.4, 0.5) is 0 Å². The van der Waals surface area contributed by atoms with E-state index in [0.29, 0.717) is 6.04 Å². The predicted molar refractivity (Wildman–Crippen MR) is 78.0 cm³/mol. The maximum Gasteiger partial charge on any atom is 0.0491 e. The van der Waals surface area contributed by atoms with E-state index in [4.69, 9.17) is 4.74 Å². The number of nitrogens with one attached hydrogen (secondary N) is 1. The average molecular weight is 256 g/mol. The van der Waals surface area contributed by atoms with Crippen LogP contribution in [-0.2, 0) is 4.74 Å². The number of hydrogen-bond donors (Lipinski definition) is 1. The van der Waals surface area contributed by atoms with Crippen molar-refractivity contribution in [2.75, 3.05) is 39.9 Å². The van der Waals surface area contributed by atoms with Crippen LogP contribution < -0.4 is 5.32 Å². The second-order valence-corrected chi connectivity index (χ2v) is 6.17. The average Bonchev–Trinajstić information content (AvgIpc) is 2.35. The quantitative estimate of drug-likeness (QED) is 0.675. The summed E-state index contributed by atoms with van der Waals surface area (Å²) in [6.45, 7) is 12.6. The summed E-state index contributed by atoms with van der Waals surface area (Å²) in [6, 6.07) is 0.667. The molecule has 0 aromatic heterocycles. The number of ether oxygens (including phenoxy) is 1. The van der Waals surface area contributed by atoms with Crippen molar-refractivity contribution in [3.63, 3.8) is 0 Å². The highest BCUT2D eigenvalue weighted by Crippen LogP contribution is 2.18. The molecule has 0 aliphatic carbocycles. The lowest BCUT2D eigenvalue weighted by atomic mass is 9.97. The molecule has 0 spiro atoms. The first kappa shape index (κ1) is 15.9. The van der Waals surface area contributed by atoms with Gasteiger partial charge in [0.15, 0.2) is 0 Å². The third-order valence-electron chi connectivity index (χ3n) is 4.01. The largest absolute Gasteiger partial charge is 0.384 e. The van der Waals surface area contributed by atoms with Crippen molar-refractivity contribution in [2.24, 2.45) is 11.8 Å². The van der Waals surface area contributed by atoms with E-state index >= 15 is 0 Å². The molecular formula is C15H32N2O. The van der Waals surface area contributed by atoms with Crippen LogP contribution in [-0.4, -0.2) is 50.8 Å². The molecule has 1 aliphatic heterocycles. The van der Waals surface area contributed by atoms with Crippen LogP contribution in [0.2, 0.25) is 0 Å². The van der Waals surface area contributed by atoms with E-state index in [1.165, 1.54) is 32.4 Å². The van der Waals surface area contributed by atoms with E-state index in [-0.39, 0.29) is 0 Å². The molecule has 1 rings (SSSR count). The van der Waals surface area contributed by atoms with Crippen LogP contribution in [0.3, 0.4) is 0 Å². The number of piperidine rings is 1. The molecule has 1 aliphatic rings. The van der Waals surface area contributed by atoms with Crippen molar-refractivity contribution in [3.8, 4) is 0 Å². The normalized spacial score (nSPS) is 20.5. The lowest BCUT2D eigenvalue weighted by molar-refractivity contribution is 0.0831. The first-order valence-corrected chi connectivity index (χ1v) is 7.57. The van der Waals surface area contributed by atoms with Gasteiger partial charge >= 0.3 is 0 Å². The van der Waals surface area contributed by atoms with Crippen molar-refractivity contribution < 1.29 is 4.74 Å². The molecule has 0 radical (unpaired) electrons. The van der Waals surface area contributed by atoms with Gasteiger partial charge in [-0.3, -0.25) is 4.90 Å². The summed E-state index contributed by atoms with van der Waals surface area (Å²) in [4.78, 5) is 2.62. The third kappa shape index (κ3) is 6.17. The molecule has 0 amide bonds.